The SMILES string of the molecule is COc1ccccc1CC(=O)NCCN1CCNCC1. The zero-order valence-electron chi connectivity index (χ0n) is 12.0. The summed E-state index contributed by atoms with van der Waals surface area (Å²) in [6, 6.07) is 7.63. The lowest BCUT2D eigenvalue weighted by Gasteiger charge is -2.27. The molecule has 1 heterocycles. The third kappa shape index (κ3) is 4.51. The van der Waals surface area contributed by atoms with Crippen molar-refractivity contribution in [3.63, 3.8) is 0 Å². The molecular formula is C15H23N3O2. The second-order valence-corrected chi connectivity index (χ2v) is 4.93. The maximum absolute atomic E-state index is 11.9. The molecule has 2 N–H and O–H groups in total. The summed E-state index contributed by atoms with van der Waals surface area (Å²) >= 11 is 0. The summed E-state index contributed by atoms with van der Waals surface area (Å²) in [4.78, 5) is 14.3. The normalized spacial score (nSPS) is 15.8. The van der Waals surface area contributed by atoms with Crippen LogP contribution in [0.5, 0.6) is 5.75 Å². The van der Waals surface area contributed by atoms with Crippen molar-refractivity contribution in [2.24, 2.45) is 0 Å². The van der Waals surface area contributed by atoms with Crippen LogP contribution in [-0.4, -0.2) is 57.2 Å². The second kappa shape index (κ2) is 7.87. The molecule has 110 valence electrons. The molecule has 2 rings (SSSR count). The van der Waals surface area contributed by atoms with Gasteiger partial charge in [0.25, 0.3) is 0 Å². The maximum Gasteiger partial charge on any atom is 0.224 e. The van der Waals surface area contributed by atoms with Gasteiger partial charge in [0.2, 0.25) is 5.91 Å². The molecule has 0 spiro atoms. The minimum atomic E-state index is 0.0460. The molecule has 5 heteroatoms. The van der Waals surface area contributed by atoms with Crippen molar-refractivity contribution in [3.8, 4) is 5.75 Å². The fraction of sp³-hybridized carbons (Fsp3) is 0.533. The molecular weight excluding hydrogens is 254 g/mol. The zero-order valence-corrected chi connectivity index (χ0v) is 12.0. The number of nitrogens with zero attached hydrogens (tertiary/aromatic N) is 1. The number of rotatable bonds is 6. The van der Waals surface area contributed by atoms with Crippen LogP contribution in [0.4, 0.5) is 0 Å². The molecule has 5 nitrogen and oxygen atoms in total. The first kappa shape index (κ1) is 14.8. The largest absolute Gasteiger partial charge is 0.496 e. The number of methoxy groups -OCH3 is 1. The molecule has 0 bridgehead atoms. The highest BCUT2D eigenvalue weighted by Gasteiger charge is 2.10. The van der Waals surface area contributed by atoms with E-state index in [1.807, 2.05) is 24.3 Å². The van der Waals surface area contributed by atoms with Gasteiger partial charge in [0.15, 0.2) is 0 Å². The number of hydrogen-bond acceptors (Lipinski definition) is 4. The molecule has 1 saturated heterocycles. The summed E-state index contributed by atoms with van der Waals surface area (Å²) in [5.74, 6) is 0.814. The first-order valence-electron chi connectivity index (χ1n) is 7.11. The Balaban J connectivity index is 1.72. The monoisotopic (exact) mass is 277 g/mol. The van der Waals surface area contributed by atoms with Crippen molar-refractivity contribution in [1.29, 1.82) is 0 Å². The third-order valence-corrected chi connectivity index (χ3v) is 3.50. The van der Waals surface area contributed by atoms with Crippen LogP contribution >= 0.6 is 0 Å². The third-order valence-electron chi connectivity index (χ3n) is 3.50. The first-order valence-corrected chi connectivity index (χ1v) is 7.11. The van der Waals surface area contributed by atoms with Gasteiger partial charge in [-0.15, -0.1) is 0 Å². The number of nitrogens with one attached hydrogen (secondary N) is 2. The zero-order chi connectivity index (χ0) is 14.2. The van der Waals surface area contributed by atoms with Crippen LogP contribution in [0.15, 0.2) is 24.3 Å². The van der Waals surface area contributed by atoms with E-state index in [1.165, 1.54) is 0 Å². The van der Waals surface area contributed by atoms with Gasteiger partial charge in [0.05, 0.1) is 13.5 Å². The predicted octanol–water partition coefficient (Wildman–Crippen LogP) is 0.259. The van der Waals surface area contributed by atoms with Crippen LogP contribution in [-0.2, 0) is 11.2 Å². The lowest BCUT2D eigenvalue weighted by Crippen LogP contribution is -2.46. The second-order valence-electron chi connectivity index (χ2n) is 4.93. The number of carbonyl (C=O) groups excluding carboxylic acids is 1. The molecule has 0 radical (unpaired) electrons. The van der Waals surface area contributed by atoms with E-state index in [9.17, 15) is 4.79 Å². The van der Waals surface area contributed by atoms with Gasteiger partial charge in [-0.25, -0.2) is 0 Å². The standard InChI is InChI=1S/C15H23N3O2/c1-20-14-5-3-2-4-13(14)12-15(19)17-8-11-18-9-6-16-7-10-18/h2-5,16H,6-12H2,1H3,(H,17,19). The van der Waals surface area contributed by atoms with E-state index in [4.69, 9.17) is 4.74 Å². The molecule has 1 aromatic rings. The Morgan fingerprint density at radius 3 is 2.85 bits per heavy atom. The van der Waals surface area contributed by atoms with E-state index in [2.05, 4.69) is 15.5 Å². The lowest BCUT2D eigenvalue weighted by atomic mass is 10.1. The average molecular weight is 277 g/mol. The summed E-state index contributed by atoms with van der Waals surface area (Å²) in [6.07, 6.45) is 0.367. The van der Waals surface area contributed by atoms with E-state index in [1.54, 1.807) is 7.11 Å². The number of amides is 1. The van der Waals surface area contributed by atoms with Gasteiger partial charge in [-0.2, -0.15) is 0 Å². The van der Waals surface area contributed by atoms with Gasteiger partial charge in [0, 0.05) is 44.8 Å². The summed E-state index contributed by atoms with van der Waals surface area (Å²) in [7, 11) is 1.63. The molecule has 1 aromatic carbocycles. The minimum Gasteiger partial charge on any atom is -0.496 e. The molecule has 1 aliphatic rings. The van der Waals surface area contributed by atoms with Crippen LogP contribution in [0.2, 0.25) is 0 Å². The quantitative estimate of drug-likeness (QED) is 0.783. The number of ether oxygens (including phenoxy) is 1. The Morgan fingerprint density at radius 1 is 1.35 bits per heavy atom. The fourth-order valence-corrected chi connectivity index (χ4v) is 2.37. The van der Waals surface area contributed by atoms with Crippen molar-refractivity contribution in [3.05, 3.63) is 29.8 Å². The summed E-state index contributed by atoms with van der Waals surface area (Å²) in [5.41, 5.74) is 0.926. The van der Waals surface area contributed by atoms with Crippen molar-refractivity contribution < 1.29 is 9.53 Å². The van der Waals surface area contributed by atoms with Crippen LogP contribution in [0, 0.1) is 0 Å². The highest BCUT2D eigenvalue weighted by molar-refractivity contribution is 5.79. The van der Waals surface area contributed by atoms with E-state index >= 15 is 0 Å². The summed E-state index contributed by atoms with van der Waals surface area (Å²) < 4.78 is 5.25. The van der Waals surface area contributed by atoms with E-state index in [-0.39, 0.29) is 5.91 Å². The molecule has 0 atom stereocenters. The fourth-order valence-electron chi connectivity index (χ4n) is 2.37. The van der Waals surface area contributed by atoms with Crippen molar-refractivity contribution in [1.82, 2.24) is 15.5 Å². The molecule has 20 heavy (non-hydrogen) atoms. The Kier molecular flexibility index (Phi) is 5.83. The van der Waals surface area contributed by atoms with Gasteiger partial charge in [-0.05, 0) is 6.07 Å². The molecule has 1 aliphatic heterocycles. The van der Waals surface area contributed by atoms with Gasteiger partial charge in [0.1, 0.15) is 5.75 Å². The van der Waals surface area contributed by atoms with E-state index in [0.29, 0.717) is 13.0 Å². The maximum atomic E-state index is 11.9. The highest BCUT2D eigenvalue weighted by atomic mass is 16.5. The molecule has 1 fully saturated rings. The first-order chi connectivity index (χ1) is 9.79. The highest BCUT2D eigenvalue weighted by Crippen LogP contribution is 2.17. The van der Waals surface area contributed by atoms with Gasteiger partial charge in [-0.3, -0.25) is 9.69 Å². The molecule has 1 amide bonds. The average Bonchev–Trinajstić information content (AvgIpc) is 2.49. The smallest absolute Gasteiger partial charge is 0.224 e. The van der Waals surface area contributed by atoms with E-state index < -0.39 is 0 Å². The van der Waals surface area contributed by atoms with Gasteiger partial charge < -0.3 is 15.4 Å². The topological polar surface area (TPSA) is 53.6 Å². The van der Waals surface area contributed by atoms with Crippen LogP contribution in [0.3, 0.4) is 0 Å². The van der Waals surface area contributed by atoms with Crippen molar-refractivity contribution >= 4 is 5.91 Å². The molecule has 0 unspecified atom stereocenters. The van der Waals surface area contributed by atoms with Crippen molar-refractivity contribution in [2.45, 2.75) is 6.42 Å². The Morgan fingerprint density at radius 2 is 2.10 bits per heavy atom. The summed E-state index contributed by atoms with van der Waals surface area (Å²) in [6.45, 7) is 5.81. The van der Waals surface area contributed by atoms with Crippen molar-refractivity contribution in [2.75, 3.05) is 46.4 Å². The van der Waals surface area contributed by atoms with Crippen LogP contribution in [0.1, 0.15) is 5.56 Å². The molecule has 0 aliphatic carbocycles. The number of benzene rings is 1. The minimum absolute atomic E-state index is 0.0460. The van der Waals surface area contributed by atoms with Crippen LogP contribution < -0.4 is 15.4 Å². The van der Waals surface area contributed by atoms with Gasteiger partial charge in [-0.1, -0.05) is 18.2 Å². The van der Waals surface area contributed by atoms with Crippen LogP contribution in [0.25, 0.3) is 0 Å². The Hall–Kier alpha value is -1.59. The number of hydrogen-bond donors (Lipinski definition) is 2. The Labute approximate surface area is 120 Å². The number of piperazine rings is 1. The van der Waals surface area contributed by atoms with Gasteiger partial charge >= 0.3 is 0 Å². The molecule has 0 saturated carbocycles. The van der Waals surface area contributed by atoms with E-state index in [0.717, 1.165) is 44.0 Å². The summed E-state index contributed by atoms with van der Waals surface area (Å²) in [5, 5.41) is 6.29. The Bertz CT molecular complexity index is 431. The number of para-hydroxylation sites is 1. The lowest BCUT2D eigenvalue weighted by molar-refractivity contribution is -0.120. The number of carbonyl (C=O) groups is 1. The predicted molar refractivity (Wildman–Crippen MR) is 79.0 cm³/mol. The molecule has 0 aromatic heterocycles.